The van der Waals surface area contributed by atoms with Crippen molar-refractivity contribution >= 4 is 17.6 Å². The number of anilines is 1. The molecular weight excluding hydrogens is 334 g/mol. The maximum absolute atomic E-state index is 12.7. The molecule has 0 spiro atoms. The topological polar surface area (TPSA) is 100 Å². The molecule has 0 unspecified atom stereocenters. The lowest BCUT2D eigenvalue weighted by molar-refractivity contribution is -0.121. The number of oxazole rings is 1. The fourth-order valence-electron chi connectivity index (χ4n) is 2.86. The van der Waals surface area contributed by atoms with Gasteiger partial charge in [-0.25, -0.2) is 9.97 Å². The molecule has 26 heavy (non-hydrogen) atoms. The Kier molecular flexibility index (Phi) is 5.83. The van der Waals surface area contributed by atoms with Crippen LogP contribution < -0.4 is 10.6 Å². The quantitative estimate of drug-likeness (QED) is 0.800. The van der Waals surface area contributed by atoms with E-state index in [-0.39, 0.29) is 24.1 Å². The maximum Gasteiger partial charge on any atom is 0.276 e. The summed E-state index contributed by atoms with van der Waals surface area (Å²) in [7, 11) is 0. The van der Waals surface area contributed by atoms with Gasteiger partial charge in [-0.05, 0) is 38.3 Å². The number of amides is 2. The van der Waals surface area contributed by atoms with E-state index in [1.165, 1.54) is 11.3 Å². The molecule has 0 aliphatic carbocycles. The zero-order valence-electron chi connectivity index (χ0n) is 14.8. The predicted octanol–water partition coefficient (Wildman–Crippen LogP) is 1.38. The third kappa shape index (κ3) is 4.59. The van der Waals surface area contributed by atoms with E-state index in [0.29, 0.717) is 25.4 Å². The van der Waals surface area contributed by atoms with Crippen molar-refractivity contribution in [1.82, 2.24) is 20.2 Å². The lowest BCUT2D eigenvalue weighted by atomic mass is 10.1. The Balaban J connectivity index is 1.71. The Labute approximate surface area is 152 Å². The molecule has 0 fully saturated rings. The van der Waals surface area contributed by atoms with Gasteiger partial charge < -0.3 is 20.0 Å². The molecule has 2 bridgehead atoms. The Morgan fingerprint density at radius 2 is 2.08 bits per heavy atom. The summed E-state index contributed by atoms with van der Waals surface area (Å²) in [5, 5.41) is 6.02. The van der Waals surface area contributed by atoms with Crippen LogP contribution in [0.25, 0.3) is 0 Å². The van der Waals surface area contributed by atoms with E-state index >= 15 is 0 Å². The smallest absolute Gasteiger partial charge is 0.276 e. The summed E-state index contributed by atoms with van der Waals surface area (Å²) in [4.78, 5) is 35.0. The van der Waals surface area contributed by atoms with E-state index in [2.05, 4.69) is 20.6 Å². The Morgan fingerprint density at radius 3 is 2.88 bits per heavy atom. The Bertz CT molecular complexity index is 774. The van der Waals surface area contributed by atoms with Crippen molar-refractivity contribution in [2.75, 3.05) is 31.5 Å². The molecule has 2 aromatic rings. The zero-order valence-corrected chi connectivity index (χ0v) is 14.8. The molecule has 8 heteroatoms. The Morgan fingerprint density at radius 1 is 1.23 bits per heavy atom. The minimum absolute atomic E-state index is 0.00861. The van der Waals surface area contributed by atoms with Crippen LogP contribution in [0, 0.1) is 6.92 Å². The molecule has 0 saturated carbocycles. The highest BCUT2D eigenvalue weighted by atomic mass is 16.3. The van der Waals surface area contributed by atoms with Gasteiger partial charge in [0.2, 0.25) is 5.91 Å². The van der Waals surface area contributed by atoms with E-state index < -0.39 is 0 Å². The second-order valence-corrected chi connectivity index (χ2v) is 6.23. The molecule has 0 radical (unpaired) electrons. The highest BCUT2D eigenvalue weighted by molar-refractivity contribution is 5.95. The normalized spacial score (nSPS) is 16.3. The summed E-state index contributed by atoms with van der Waals surface area (Å²) >= 11 is 0. The summed E-state index contributed by atoms with van der Waals surface area (Å²) < 4.78 is 5.12. The molecule has 2 aromatic heterocycles. The fraction of sp³-hybridized carbons (Fsp3) is 0.444. The van der Waals surface area contributed by atoms with Crippen LogP contribution in [0.2, 0.25) is 0 Å². The van der Waals surface area contributed by atoms with Crippen LogP contribution in [-0.2, 0) is 11.2 Å². The molecule has 138 valence electrons. The number of pyridine rings is 1. The summed E-state index contributed by atoms with van der Waals surface area (Å²) in [5.41, 5.74) is 1.27. The van der Waals surface area contributed by atoms with Crippen LogP contribution in [-0.4, -0.2) is 52.9 Å². The molecule has 3 rings (SSSR count). The number of rotatable bonds is 1. The summed E-state index contributed by atoms with van der Waals surface area (Å²) in [6.07, 6.45) is 3.72. The van der Waals surface area contributed by atoms with Crippen LogP contribution in [0.3, 0.4) is 0 Å². The lowest BCUT2D eigenvalue weighted by Crippen LogP contribution is -2.42. The molecule has 1 aliphatic heterocycles. The maximum atomic E-state index is 12.7. The molecule has 1 aliphatic rings. The SMILES string of the molecule is Cc1ocnc1C(=O)N1CCCCc2cccc(n2)NCCNC(=O)C1. The number of aromatic nitrogens is 2. The minimum Gasteiger partial charge on any atom is -0.448 e. The van der Waals surface area contributed by atoms with Crippen LogP contribution in [0.15, 0.2) is 29.0 Å². The first-order chi connectivity index (χ1) is 12.6. The van der Waals surface area contributed by atoms with E-state index in [1.807, 2.05) is 18.2 Å². The number of hydrogen-bond acceptors (Lipinski definition) is 6. The van der Waals surface area contributed by atoms with Crippen molar-refractivity contribution in [2.45, 2.75) is 26.2 Å². The predicted molar refractivity (Wildman–Crippen MR) is 95.8 cm³/mol. The first-order valence-electron chi connectivity index (χ1n) is 8.79. The third-order valence-electron chi connectivity index (χ3n) is 4.24. The monoisotopic (exact) mass is 357 g/mol. The van der Waals surface area contributed by atoms with Gasteiger partial charge in [-0.1, -0.05) is 6.07 Å². The lowest BCUT2D eigenvalue weighted by Gasteiger charge is -2.22. The van der Waals surface area contributed by atoms with E-state index in [9.17, 15) is 9.59 Å². The van der Waals surface area contributed by atoms with Gasteiger partial charge >= 0.3 is 0 Å². The highest BCUT2D eigenvalue weighted by Crippen LogP contribution is 2.12. The van der Waals surface area contributed by atoms with Crippen molar-refractivity contribution in [1.29, 1.82) is 0 Å². The van der Waals surface area contributed by atoms with Gasteiger partial charge in [-0.15, -0.1) is 0 Å². The molecule has 0 saturated heterocycles. The molecule has 0 atom stereocenters. The van der Waals surface area contributed by atoms with Crippen LogP contribution in [0.1, 0.15) is 34.8 Å². The molecule has 3 heterocycles. The number of carbonyl (C=O) groups is 2. The summed E-state index contributed by atoms with van der Waals surface area (Å²) in [6.45, 7) is 3.20. The number of aryl methyl sites for hydroxylation is 2. The van der Waals surface area contributed by atoms with Crippen molar-refractivity contribution in [3.63, 3.8) is 0 Å². The standard InChI is InChI=1S/C18H23N5O3/c1-13-17(21-12-26-13)18(25)23-10-3-2-5-14-6-4-7-15(22-14)19-8-9-20-16(24)11-23/h4,6-7,12H,2-3,5,8-11H2,1H3,(H,19,22)(H,20,24). The first kappa shape index (κ1) is 17.9. The van der Waals surface area contributed by atoms with Gasteiger partial charge in [0.1, 0.15) is 11.6 Å². The number of fused-ring (bicyclic) bond motifs is 2. The number of nitrogens with zero attached hydrogens (tertiary/aromatic N) is 3. The van der Waals surface area contributed by atoms with Crippen molar-refractivity contribution in [3.8, 4) is 0 Å². The second kappa shape index (κ2) is 8.46. The molecule has 2 N–H and O–H groups in total. The highest BCUT2D eigenvalue weighted by Gasteiger charge is 2.23. The summed E-state index contributed by atoms with van der Waals surface area (Å²) in [6, 6.07) is 5.89. The molecule has 0 aromatic carbocycles. The van der Waals surface area contributed by atoms with Crippen molar-refractivity contribution in [3.05, 3.63) is 41.7 Å². The van der Waals surface area contributed by atoms with Gasteiger partial charge in [0.15, 0.2) is 12.1 Å². The van der Waals surface area contributed by atoms with Crippen molar-refractivity contribution in [2.24, 2.45) is 0 Å². The average molecular weight is 357 g/mol. The van der Waals surface area contributed by atoms with E-state index in [4.69, 9.17) is 4.42 Å². The molecule has 2 amide bonds. The van der Waals surface area contributed by atoms with Crippen LogP contribution in [0.5, 0.6) is 0 Å². The van der Waals surface area contributed by atoms with E-state index in [1.54, 1.807) is 6.92 Å². The number of nitrogens with one attached hydrogen (secondary N) is 2. The largest absolute Gasteiger partial charge is 0.448 e. The number of hydrogen-bond donors (Lipinski definition) is 2. The van der Waals surface area contributed by atoms with Crippen LogP contribution >= 0.6 is 0 Å². The number of carbonyl (C=O) groups excluding carboxylic acids is 2. The van der Waals surface area contributed by atoms with E-state index in [0.717, 1.165) is 30.8 Å². The Hall–Kier alpha value is -2.90. The van der Waals surface area contributed by atoms with Gasteiger partial charge in [0.25, 0.3) is 5.91 Å². The van der Waals surface area contributed by atoms with Gasteiger partial charge in [-0.2, -0.15) is 0 Å². The minimum atomic E-state index is -0.281. The third-order valence-corrected chi connectivity index (χ3v) is 4.24. The van der Waals surface area contributed by atoms with Gasteiger partial charge in [0, 0.05) is 25.3 Å². The zero-order chi connectivity index (χ0) is 18.4. The van der Waals surface area contributed by atoms with Gasteiger partial charge in [0.05, 0.1) is 6.54 Å². The fourth-order valence-corrected chi connectivity index (χ4v) is 2.86. The summed E-state index contributed by atoms with van der Waals surface area (Å²) in [5.74, 6) is 0.795. The van der Waals surface area contributed by atoms with Gasteiger partial charge in [-0.3, -0.25) is 9.59 Å². The van der Waals surface area contributed by atoms with Crippen LogP contribution in [0.4, 0.5) is 5.82 Å². The first-order valence-corrected chi connectivity index (χ1v) is 8.79. The average Bonchev–Trinajstić information content (AvgIpc) is 3.06. The molecular formula is C18H23N5O3. The second-order valence-electron chi connectivity index (χ2n) is 6.23. The van der Waals surface area contributed by atoms with Crippen molar-refractivity contribution < 1.29 is 14.0 Å². The molecule has 8 nitrogen and oxygen atoms in total.